The molecule has 2 aliphatic heterocycles. The Kier molecular flexibility index (Phi) is 8.86. The number of amides is 1. The topological polar surface area (TPSA) is 60.9 Å². The molecular formula is C32H36F5N5O2. The number of alkyl halides is 3. The maximum absolute atomic E-state index is 15.8. The molecule has 44 heavy (non-hydrogen) atoms. The van der Waals surface area contributed by atoms with Gasteiger partial charge in [-0.2, -0.15) is 13.2 Å². The lowest BCUT2D eigenvalue weighted by Crippen LogP contribution is -2.55. The van der Waals surface area contributed by atoms with Gasteiger partial charge in [0.1, 0.15) is 17.5 Å². The number of aromatic nitrogens is 1. The molecule has 5 rings (SSSR count). The van der Waals surface area contributed by atoms with Gasteiger partial charge in [-0.1, -0.05) is 0 Å². The Morgan fingerprint density at radius 1 is 0.909 bits per heavy atom. The van der Waals surface area contributed by atoms with Crippen molar-refractivity contribution in [1.29, 1.82) is 0 Å². The molecule has 0 bridgehead atoms. The number of pyridine rings is 1. The van der Waals surface area contributed by atoms with E-state index in [-0.39, 0.29) is 35.5 Å². The van der Waals surface area contributed by atoms with Crippen molar-refractivity contribution in [3.63, 3.8) is 0 Å². The largest absolute Gasteiger partial charge is 0.417 e. The van der Waals surface area contributed by atoms with Crippen molar-refractivity contribution < 1.29 is 31.5 Å². The number of rotatable bonds is 5. The molecule has 7 nitrogen and oxygen atoms in total. The van der Waals surface area contributed by atoms with Gasteiger partial charge in [-0.25, -0.2) is 13.8 Å². The Labute approximate surface area is 253 Å². The van der Waals surface area contributed by atoms with Gasteiger partial charge in [0.15, 0.2) is 0 Å². The number of benzene rings is 2. The van der Waals surface area contributed by atoms with Crippen LogP contribution in [-0.2, 0) is 10.9 Å². The van der Waals surface area contributed by atoms with E-state index in [0.717, 1.165) is 12.1 Å². The molecule has 0 spiro atoms. The smallest absolute Gasteiger partial charge is 0.372 e. The van der Waals surface area contributed by atoms with Crippen LogP contribution in [0.15, 0.2) is 48.7 Å². The molecule has 1 amide bonds. The molecule has 1 unspecified atom stereocenters. The number of likely N-dealkylation sites (N-methyl/N-ethyl adjacent to an activating group) is 1. The lowest BCUT2D eigenvalue weighted by molar-refractivity contribution is -0.138. The molecule has 2 aromatic carbocycles. The number of carbonyl (C=O) groups excluding carboxylic acids is 1. The van der Waals surface area contributed by atoms with Crippen molar-refractivity contribution in [2.24, 2.45) is 0 Å². The van der Waals surface area contributed by atoms with Crippen LogP contribution in [0.5, 0.6) is 0 Å². The van der Waals surface area contributed by atoms with Gasteiger partial charge in [0, 0.05) is 55.6 Å². The second kappa shape index (κ2) is 12.3. The predicted molar refractivity (Wildman–Crippen MR) is 160 cm³/mol. The van der Waals surface area contributed by atoms with Crippen molar-refractivity contribution in [2.45, 2.75) is 58.2 Å². The van der Waals surface area contributed by atoms with Crippen LogP contribution in [0, 0.1) is 11.6 Å². The molecular weight excluding hydrogens is 581 g/mol. The van der Waals surface area contributed by atoms with Gasteiger partial charge in [-0.15, -0.1) is 0 Å². The zero-order valence-electron chi connectivity index (χ0n) is 25.3. The summed E-state index contributed by atoms with van der Waals surface area (Å²) in [6.45, 7) is 10.3. The van der Waals surface area contributed by atoms with Gasteiger partial charge < -0.3 is 19.9 Å². The highest BCUT2D eigenvalue weighted by molar-refractivity contribution is 6.07. The fourth-order valence-electron chi connectivity index (χ4n) is 5.98. The van der Waals surface area contributed by atoms with Crippen LogP contribution in [0.4, 0.5) is 39.1 Å². The number of piperazine rings is 1. The molecule has 2 aliphatic rings. The summed E-state index contributed by atoms with van der Waals surface area (Å²) in [4.78, 5) is 24.1. The fourth-order valence-corrected chi connectivity index (χ4v) is 5.98. The van der Waals surface area contributed by atoms with Crippen molar-refractivity contribution >= 4 is 23.1 Å². The van der Waals surface area contributed by atoms with Gasteiger partial charge in [0.25, 0.3) is 5.91 Å². The number of carbonyl (C=O) groups is 1. The third kappa shape index (κ3) is 6.66. The van der Waals surface area contributed by atoms with Crippen LogP contribution in [0.3, 0.4) is 0 Å². The Bertz CT molecular complexity index is 1490. The van der Waals surface area contributed by atoms with Crippen LogP contribution in [0.2, 0.25) is 0 Å². The van der Waals surface area contributed by atoms with E-state index in [2.05, 4.69) is 20.1 Å². The first-order chi connectivity index (χ1) is 20.7. The maximum Gasteiger partial charge on any atom is 0.417 e. The molecule has 1 aromatic heterocycles. The molecule has 0 radical (unpaired) electrons. The lowest BCUT2D eigenvalue weighted by Gasteiger charge is -2.44. The zero-order valence-corrected chi connectivity index (χ0v) is 25.3. The second-order valence-electron chi connectivity index (χ2n) is 11.8. The van der Waals surface area contributed by atoms with Gasteiger partial charge in [-0.05, 0) is 77.2 Å². The summed E-state index contributed by atoms with van der Waals surface area (Å²) in [7, 11) is 1.99. The summed E-state index contributed by atoms with van der Waals surface area (Å²) in [6, 6.07) is 8.28. The molecule has 0 aliphatic carbocycles. The molecule has 236 valence electrons. The minimum atomic E-state index is -4.96. The number of hydrogen-bond donors (Lipinski definition) is 1. The molecule has 2 fully saturated rings. The Morgan fingerprint density at radius 2 is 1.57 bits per heavy atom. The Morgan fingerprint density at radius 3 is 2.16 bits per heavy atom. The second-order valence-corrected chi connectivity index (χ2v) is 11.8. The molecule has 1 N–H and O–H groups in total. The number of ether oxygens (including phenoxy) is 1. The van der Waals surface area contributed by atoms with Crippen LogP contribution in [0.25, 0.3) is 11.1 Å². The highest BCUT2D eigenvalue weighted by Crippen LogP contribution is 2.38. The normalized spacial score (nSPS) is 23.1. The average Bonchev–Trinajstić information content (AvgIpc) is 2.95. The van der Waals surface area contributed by atoms with Gasteiger partial charge in [0.05, 0.1) is 34.7 Å². The minimum Gasteiger partial charge on any atom is -0.372 e. The van der Waals surface area contributed by atoms with E-state index >= 15 is 4.39 Å². The molecule has 0 saturated carbocycles. The zero-order chi connectivity index (χ0) is 31.9. The van der Waals surface area contributed by atoms with Gasteiger partial charge >= 0.3 is 6.18 Å². The minimum absolute atomic E-state index is 0.0235. The van der Waals surface area contributed by atoms with Crippen molar-refractivity contribution in [2.75, 3.05) is 48.3 Å². The summed E-state index contributed by atoms with van der Waals surface area (Å²) in [6.07, 6.45) is -3.38. The number of anilines is 3. The van der Waals surface area contributed by atoms with Crippen LogP contribution in [0.1, 0.15) is 43.6 Å². The molecule has 3 heterocycles. The van der Waals surface area contributed by atoms with E-state index in [1.54, 1.807) is 12.1 Å². The molecule has 3 aromatic rings. The van der Waals surface area contributed by atoms with E-state index in [9.17, 15) is 22.4 Å². The number of halogens is 5. The average molecular weight is 618 g/mol. The molecule has 2 saturated heterocycles. The summed E-state index contributed by atoms with van der Waals surface area (Å²) in [5.74, 6) is -2.07. The standard InChI is InChI=1S/C32H36F5N5O2/c1-18-14-41(15-19(2)40(18)5)29-12-27(34)25(22-6-9-30(38-13-22)42-16-20(3)44-21(4)17-42)11-28(29)39-31(43)24-8-7-23(33)10-26(24)32(35,36)37/h6-13,18-21H,14-17H2,1-5H3,(H,39,43)/t18-,19?,20-,21+/m0/s1. The van der Waals surface area contributed by atoms with E-state index in [1.165, 1.54) is 18.3 Å². The third-order valence-electron chi connectivity index (χ3n) is 8.37. The van der Waals surface area contributed by atoms with Crippen LogP contribution >= 0.6 is 0 Å². The van der Waals surface area contributed by atoms with Crippen molar-refractivity contribution in [3.05, 3.63) is 71.4 Å². The Hall–Kier alpha value is -3.77. The van der Waals surface area contributed by atoms with Crippen LogP contribution < -0.4 is 15.1 Å². The van der Waals surface area contributed by atoms with E-state index in [4.69, 9.17) is 4.74 Å². The number of hydrogen-bond acceptors (Lipinski definition) is 6. The summed E-state index contributed by atoms with van der Waals surface area (Å²) in [5, 5.41) is 2.58. The summed E-state index contributed by atoms with van der Waals surface area (Å²) >= 11 is 0. The Balaban J connectivity index is 1.53. The fraction of sp³-hybridized carbons (Fsp3) is 0.438. The first kappa shape index (κ1) is 31.6. The van der Waals surface area contributed by atoms with E-state index in [1.807, 2.05) is 39.6 Å². The number of morpholine rings is 1. The SMILES string of the molecule is CC1CN(c2cc(F)c(-c3ccc(N4C[C@@H](C)O[C@@H](C)C4)nc3)cc2NC(=O)c2ccc(F)cc2C(F)(F)F)C[C@H](C)N1C. The van der Waals surface area contributed by atoms with Gasteiger partial charge in [0.2, 0.25) is 0 Å². The lowest BCUT2D eigenvalue weighted by atomic mass is 10.0. The molecule has 4 atom stereocenters. The highest BCUT2D eigenvalue weighted by atomic mass is 19.4. The number of nitrogens with one attached hydrogen (secondary N) is 1. The maximum atomic E-state index is 15.8. The van der Waals surface area contributed by atoms with Crippen molar-refractivity contribution in [1.82, 2.24) is 9.88 Å². The first-order valence-corrected chi connectivity index (χ1v) is 14.6. The third-order valence-corrected chi connectivity index (χ3v) is 8.37. The number of nitrogens with zero attached hydrogens (tertiary/aromatic N) is 4. The molecule has 12 heteroatoms. The van der Waals surface area contributed by atoms with E-state index in [0.29, 0.717) is 49.3 Å². The quantitative estimate of drug-likeness (QED) is 0.333. The summed E-state index contributed by atoms with van der Waals surface area (Å²) in [5.41, 5.74) is -1.11. The van der Waals surface area contributed by atoms with Crippen LogP contribution in [-0.4, -0.2) is 73.3 Å². The van der Waals surface area contributed by atoms with Crippen molar-refractivity contribution in [3.8, 4) is 11.1 Å². The highest BCUT2D eigenvalue weighted by Gasteiger charge is 2.36. The van der Waals surface area contributed by atoms with Gasteiger partial charge in [-0.3, -0.25) is 9.69 Å². The predicted octanol–water partition coefficient (Wildman–Crippen LogP) is 6.44. The van der Waals surface area contributed by atoms with E-state index < -0.39 is 34.8 Å². The summed E-state index contributed by atoms with van der Waals surface area (Å²) < 4.78 is 76.6. The monoisotopic (exact) mass is 617 g/mol. The first-order valence-electron chi connectivity index (χ1n) is 14.6.